The number of benzene rings is 2. The molecular formula is C22H23NO4. The van der Waals surface area contributed by atoms with E-state index in [2.05, 4.69) is 5.32 Å². The maximum absolute atomic E-state index is 13.3. The van der Waals surface area contributed by atoms with Crippen LogP contribution in [0.5, 0.6) is 11.5 Å². The maximum Gasteiger partial charge on any atom is 0.348 e. The van der Waals surface area contributed by atoms with Crippen LogP contribution in [0.25, 0.3) is 0 Å². The molecular weight excluding hydrogens is 342 g/mol. The van der Waals surface area contributed by atoms with Gasteiger partial charge in [-0.15, -0.1) is 0 Å². The number of carbonyl (C=O) groups is 1. The van der Waals surface area contributed by atoms with E-state index in [-0.39, 0.29) is 6.10 Å². The van der Waals surface area contributed by atoms with Crippen LogP contribution in [0.15, 0.2) is 48.5 Å². The van der Waals surface area contributed by atoms with Crippen molar-refractivity contribution in [1.29, 1.82) is 0 Å². The molecule has 2 aromatic rings. The summed E-state index contributed by atoms with van der Waals surface area (Å²) in [5.74, 6) is 1.21. The molecule has 2 aliphatic carbocycles. The van der Waals surface area contributed by atoms with Crippen LogP contribution in [0.2, 0.25) is 0 Å². The van der Waals surface area contributed by atoms with Crippen LogP contribution in [-0.2, 0) is 15.1 Å². The number of para-hydroxylation sites is 2. The number of ether oxygens (including phenoxy) is 2. The van der Waals surface area contributed by atoms with Crippen molar-refractivity contribution >= 4 is 5.97 Å². The molecule has 27 heavy (non-hydrogen) atoms. The molecule has 2 aromatic carbocycles. The molecule has 0 spiro atoms. The lowest BCUT2D eigenvalue weighted by Crippen LogP contribution is -2.43. The van der Waals surface area contributed by atoms with E-state index >= 15 is 0 Å². The Bertz CT molecular complexity index is 850. The lowest BCUT2D eigenvalue weighted by atomic mass is 9.83. The van der Waals surface area contributed by atoms with E-state index in [1.807, 2.05) is 19.2 Å². The molecule has 140 valence electrons. The fraction of sp³-hybridized carbons (Fsp3) is 0.409. The monoisotopic (exact) mass is 365 g/mol. The van der Waals surface area contributed by atoms with Gasteiger partial charge >= 0.3 is 5.97 Å². The second kappa shape index (κ2) is 6.08. The van der Waals surface area contributed by atoms with Crippen molar-refractivity contribution in [2.24, 2.45) is 11.8 Å². The molecule has 0 aromatic heterocycles. The molecule has 1 aliphatic heterocycles. The average Bonchev–Trinajstić information content (AvgIpc) is 3.25. The molecule has 0 unspecified atom stereocenters. The number of fused-ring (bicyclic) bond motifs is 4. The van der Waals surface area contributed by atoms with Crippen LogP contribution in [-0.4, -0.2) is 30.3 Å². The summed E-state index contributed by atoms with van der Waals surface area (Å²) in [6.07, 6.45) is 2.94. The predicted octanol–water partition coefficient (Wildman–Crippen LogP) is 2.96. The summed E-state index contributed by atoms with van der Waals surface area (Å²) < 4.78 is 11.8. The molecule has 5 nitrogen and oxygen atoms in total. The van der Waals surface area contributed by atoms with E-state index in [1.165, 1.54) is 6.42 Å². The van der Waals surface area contributed by atoms with Gasteiger partial charge in [0.2, 0.25) is 5.60 Å². The van der Waals surface area contributed by atoms with Gasteiger partial charge in [-0.1, -0.05) is 36.4 Å². The van der Waals surface area contributed by atoms with Gasteiger partial charge in [-0.3, -0.25) is 0 Å². The summed E-state index contributed by atoms with van der Waals surface area (Å²) in [6.45, 7) is 0. The summed E-state index contributed by atoms with van der Waals surface area (Å²) >= 11 is 0. The number of rotatable bonds is 3. The zero-order valence-corrected chi connectivity index (χ0v) is 15.2. The third-order valence-electron chi connectivity index (χ3n) is 6.51. The molecule has 3 aliphatic rings. The molecule has 2 bridgehead atoms. The van der Waals surface area contributed by atoms with Crippen molar-refractivity contribution in [2.45, 2.75) is 37.0 Å². The highest BCUT2D eigenvalue weighted by molar-refractivity contribution is 5.88. The zero-order chi connectivity index (χ0) is 18.6. The third kappa shape index (κ3) is 2.35. The number of hydrogen-bond acceptors (Lipinski definition) is 5. The second-order valence-electron chi connectivity index (χ2n) is 7.80. The molecule has 0 radical (unpaired) electrons. The number of hydrogen-bond donors (Lipinski definition) is 2. The first-order valence-electron chi connectivity index (χ1n) is 9.60. The van der Waals surface area contributed by atoms with Gasteiger partial charge in [-0.2, -0.15) is 0 Å². The molecule has 4 atom stereocenters. The van der Waals surface area contributed by atoms with Gasteiger partial charge in [-0.25, -0.2) is 4.79 Å². The van der Waals surface area contributed by atoms with Crippen molar-refractivity contribution in [1.82, 2.24) is 5.32 Å². The quantitative estimate of drug-likeness (QED) is 0.819. The number of carbonyl (C=O) groups excluding carboxylic acids is 1. The van der Waals surface area contributed by atoms with E-state index in [9.17, 15) is 9.90 Å². The van der Waals surface area contributed by atoms with Crippen molar-refractivity contribution in [2.75, 3.05) is 7.05 Å². The highest BCUT2D eigenvalue weighted by Crippen LogP contribution is 2.50. The Morgan fingerprint density at radius 1 is 1.11 bits per heavy atom. The first-order valence-corrected chi connectivity index (χ1v) is 9.60. The SMILES string of the molecule is CN[C@H]1[C@H]2CC[C@@H]1[C@H](OC(=O)C1(O)c3ccccc3Oc3ccccc31)C2. The fourth-order valence-corrected chi connectivity index (χ4v) is 5.27. The molecule has 1 heterocycles. The van der Waals surface area contributed by atoms with Crippen molar-refractivity contribution in [3.63, 3.8) is 0 Å². The van der Waals surface area contributed by atoms with Gasteiger partial charge in [0.05, 0.1) is 0 Å². The lowest BCUT2D eigenvalue weighted by Gasteiger charge is -2.35. The van der Waals surface area contributed by atoms with E-state index < -0.39 is 11.6 Å². The van der Waals surface area contributed by atoms with Gasteiger partial charge < -0.3 is 19.9 Å². The summed E-state index contributed by atoms with van der Waals surface area (Å²) in [7, 11) is 1.97. The second-order valence-corrected chi connectivity index (χ2v) is 7.80. The molecule has 5 rings (SSSR count). The Morgan fingerprint density at radius 2 is 1.74 bits per heavy atom. The zero-order valence-electron chi connectivity index (χ0n) is 15.2. The predicted molar refractivity (Wildman–Crippen MR) is 99.5 cm³/mol. The van der Waals surface area contributed by atoms with Gasteiger partial charge in [0.25, 0.3) is 0 Å². The van der Waals surface area contributed by atoms with E-state index in [0.717, 1.165) is 12.8 Å². The van der Waals surface area contributed by atoms with Crippen LogP contribution in [0, 0.1) is 11.8 Å². The Kier molecular flexibility index (Phi) is 3.78. The van der Waals surface area contributed by atoms with Gasteiger partial charge in [0.15, 0.2) is 0 Å². The van der Waals surface area contributed by atoms with Crippen LogP contribution in [0.1, 0.15) is 30.4 Å². The van der Waals surface area contributed by atoms with Gasteiger partial charge in [0, 0.05) is 23.1 Å². The maximum atomic E-state index is 13.3. The number of aliphatic hydroxyl groups is 1. The molecule has 0 saturated heterocycles. The highest BCUT2D eigenvalue weighted by atomic mass is 16.6. The smallest absolute Gasteiger partial charge is 0.348 e. The standard InChI is InChI=1S/C22H23NO4/c1-23-20-13-10-11-14(20)19(12-13)27-21(24)22(25)15-6-2-4-8-17(15)26-18-9-5-3-7-16(18)22/h2-9,13-14,19-20,23,25H,10-12H2,1H3/t13-,14+,19+,20-/m0/s1. The van der Waals surface area contributed by atoms with Crippen molar-refractivity contribution < 1.29 is 19.4 Å². The fourth-order valence-electron chi connectivity index (χ4n) is 5.27. The van der Waals surface area contributed by atoms with Crippen LogP contribution >= 0.6 is 0 Å². The summed E-state index contributed by atoms with van der Waals surface area (Å²) in [5.41, 5.74) is -0.994. The Balaban J connectivity index is 1.51. The molecule has 2 fully saturated rings. The molecule has 5 heteroatoms. The average molecular weight is 365 g/mol. The summed E-state index contributed by atoms with van der Waals surface area (Å²) in [6, 6.07) is 14.6. The van der Waals surface area contributed by atoms with Crippen molar-refractivity contribution in [3.05, 3.63) is 59.7 Å². The Morgan fingerprint density at radius 3 is 2.33 bits per heavy atom. The van der Waals surface area contributed by atoms with Crippen LogP contribution in [0.3, 0.4) is 0 Å². The highest BCUT2D eigenvalue weighted by Gasteiger charge is 2.53. The minimum Gasteiger partial charge on any atom is -0.459 e. The topological polar surface area (TPSA) is 67.8 Å². The minimum absolute atomic E-state index is 0.153. The Labute approximate surface area is 158 Å². The lowest BCUT2D eigenvalue weighted by molar-refractivity contribution is -0.171. The first kappa shape index (κ1) is 16.8. The number of nitrogens with one attached hydrogen (secondary N) is 1. The van der Waals surface area contributed by atoms with Gasteiger partial charge in [-0.05, 0) is 44.4 Å². The molecule has 2 saturated carbocycles. The first-order chi connectivity index (χ1) is 13.1. The van der Waals surface area contributed by atoms with Crippen LogP contribution in [0.4, 0.5) is 0 Å². The van der Waals surface area contributed by atoms with E-state index in [4.69, 9.17) is 9.47 Å². The Hall–Kier alpha value is -2.37. The molecule has 2 N–H and O–H groups in total. The summed E-state index contributed by atoms with van der Waals surface area (Å²) in [5, 5.41) is 15.0. The minimum atomic E-state index is -1.86. The largest absolute Gasteiger partial charge is 0.459 e. The van der Waals surface area contributed by atoms with Crippen molar-refractivity contribution in [3.8, 4) is 11.5 Å². The summed E-state index contributed by atoms with van der Waals surface area (Å²) in [4.78, 5) is 13.3. The molecule has 0 amide bonds. The number of esters is 1. The van der Waals surface area contributed by atoms with E-state index in [0.29, 0.717) is 40.5 Å². The van der Waals surface area contributed by atoms with E-state index in [1.54, 1.807) is 36.4 Å². The normalized spacial score (nSPS) is 29.6. The third-order valence-corrected chi connectivity index (χ3v) is 6.51. The van der Waals surface area contributed by atoms with Gasteiger partial charge in [0.1, 0.15) is 17.6 Å². The van der Waals surface area contributed by atoms with Crippen LogP contribution < -0.4 is 10.1 Å².